The second kappa shape index (κ2) is 12.8. The summed E-state index contributed by atoms with van der Waals surface area (Å²) in [5, 5.41) is 2.45. The molecule has 9 rings (SSSR count). The second-order valence-corrected chi connectivity index (χ2v) is 11.9. The summed E-state index contributed by atoms with van der Waals surface area (Å²) in [6.07, 6.45) is 7.92. The van der Waals surface area contributed by atoms with E-state index in [9.17, 15) is 13.0 Å². The molecule has 0 saturated heterocycles. The summed E-state index contributed by atoms with van der Waals surface area (Å²) in [4.78, 5) is 38.2. The molecule has 0 spiro atoms. The topological polar surface area (TPSA) is 163 Å². The van der Waals surface area contributed by atoms with E-state index in [1.807, 2.05) is 66.8 Å². The molecule has 0 amide bonds. The number of nitrogens with zero attached hydrogens (tertiary/aromatic N) is 8. The van der Waals surface area contributed by atoms with Crippen LogP contribution in [0.15, 0.2) is 89.9 Å². The Morgan fingerprint density at radius 1 is 0.660 bits per heavy atom. The van der Waals surface area contributed by atoms with Crippen LogP contribution in [0.5, 0.6) is 0 Å². The van der Waals surface area contributed by atoms with Crippen molar-refractivity contribution in [1.29, 1.82) is 0 Å². The van der Waals surface area contributed by atoms with Crippen LogP contribution in [0, 0.1) is 6.07 Å². The Hall–Kier alpha value is -3.07. The number of hydrogen-bond donors (Lipinski definition) is 0. The number of benzene rings is 3. The van der Waals surface area contributed by atoms with Crippen molar-refractivity contribution in [2.75, 3.05) is 0 Å². The minimum atomic E-state index is -4.74. The van der Waals surface area contributed by atoms with Gasteiger partial charge in [0.25, 0.3) is 0 Å². The van der Waals surface area contributed by atoms with Crippen LogP contribution >= 0.6 is 0 Å². The number of aromatic nitrogens is 8. The van der Waals surface area contributed by atoms with Gasteiger partial charge < -0.3 is 34.5 Å². The van der Waals surface area contributed by atoms with E-state index in [2.05, 4.69) is 6.07 Å². The van der Waals surface area contributed by atoms with Gasteiger partial charge in [-0.05, 0) is 34.2 Å². The maximum absolute atomic E-state index is 11.9. The summed E-state index contributed by atoms with van der Waals surface area (Å²) in [5.74, 6) is 1.38. The first-order chi connectivity index (χ1) is 21.4. The van der Waals surface area contributed by atoms with Crippen molar-refractivity contribution in [3.63, 3.8) is 0 Å². The summed E-state index contributed by atoms with van der Waals surface area (Å²) < 4.78 is 35.8. The maximum atomic E-state index is 11.9. The van der Waals surface area contributed by atoms with Gasteiger partial charge >= 0.3 is 76.2 Å². The van der Waals surface area contributed by atoms with E-state index < -0.39 is 15.0 Å². The van der Waals surface area contributed by atoms with E-state index >= 15 is 0 Å². The first kappa shape index (κ1) is 33.8. The number of rotatable bonds is 1. The van der Waals surface area contributed by atoms with Gasteiger partial charge in [-0.25, -0.2) is 13.4 Å². The quantitative estimate of drug-likeness (QED) is 0.111. The number of allylic oxidation sites excluding steroid dienone is 4. The van der Waals surface area contributed by atoms with E-state index in [-0.39, 0.29) is 99.3 Å². The van der Waals surface area contributed by atoms with E-state index in [1.54, 1.807) is 0 Å². The molecule has 1 aliphatic carbocycles. The third-order valence-electron chi connectivity index (χ3n) is 7.98. The molecule has 5 heterocycles. The van der Waals surface area contributed by atoms with Crippen LogP contribution in [0.3, 0.4) is 0 Å². The normalized spacial score (nSPS) is 16.1. The average molecular weight is 702 g/mol. The molecule has 3 aliphatic rings. The molecule has 15 heteroatoms. The Bertz CT molecular complexity index is 2590. The van der Waals surface area contributed by atoms with Gasteiger partial charge in [0.2, 0.25) is 0 Å². The Balaban J connectivity index is 0.00000129. The molecule has 2 aliphatic heterocycles. The van der Waals surface area contributed by atoms with Crippen LogP contribution in [-0.4, -0.2) is 42.9 Å². The fourth-order valence-corrected chi connectivity index (χ4v) is 6.40. The van der Waals surface area contributed by atoms with E-state index in [1.165, 1.54) is 18.2 Å². The van der Waals surface area contributed by atoms with Gasteiger partial charge in [-0.3, -0.25) is 4.98 Å². The van der Waals surface area contributed by atoms with E-state index in [0.29, 0.717) is 50.9 Å². The minimum absolute atomic E-state index is 0. The molecule has 8 bridgehead atoms. The van der Waals surface area contributed by atoms with Crippen LogP contribution in [0.4, 0.5) is 0 Å². The van der Waals surface area contributed by atoms with Crippen molar-refractivity contribution in [3.8, 4) is 22.8 Å². The zero-order chi connectivity index (χ0) is 29.6. The molecule has 0 fully saturated rings. The van der Waals surface area contributed by atoms with Gasteiger partial charge in [0.1, 0.15) is 10.1 Å². The molecule has 11 nitrogen and oxygen atoms in total. The average Bonchev–Trinajstić information content (AvgIpc) is 3.76. The Kier molecular flexibility index (Phi) is 9.18. The van der Waals surface area contributed by atoms with Gasteiger partial charge in [0, 0.05) is 34.3 Å². The summed E-state index contributed by atoms with van der Waals surface area (Å²) in [7, 11) is -4.74. The van der Waals surface area contributed by atoms with Crippen LogP contribution in [-0.2, 0) is 27.2 Å². The Morgan fingerprint density at radius 3 is 1.81 bits per heavy atom. The zero-order valence-corrected chi connectivity index (χ0v) is 30.5. The molecule has 0 saturated carbocycles. The monoisotopic (exact) mass is 701 g/mol. The zero-order valence-electron chi connectivity index (χ0n) is 24.7. The molecule has 3 aromatic heterocycles. The number of hydrogen-bond acceptors (Lipinski definition) is 9. The standard InChI is InChI=1S/C32H17N8O3S.Cu.2Na/c41-44(42,43)16-13-14-23-24(15-16)32-39-30-22-12-6-5-11-21(22)28(37-30)35-26-18-8-2-1-7-17(18)25(33-26)34-27-19-9-3-4-10-20(19)29(36-27)38-31(23)40-32;;;/h1,3-15,19-20H,(H-2,33,34,35,36,37,38,39,40,41,42,43);;;/q-3;+2;2*+1/p-1. The molecule has 3 aromatic carbocycles. The van der Waals surface area contributed by atoms with Crippen molar-refractivity contribution in [2.24, 2.45) is 0 Å². The van der Waals surface area contributed by atoms with Gasteiger partial charge in [-0.1, -0.05) is 54.6 Å². The maximum Gasteiger partial charge on any atom is 2.00 e. The Morgan fingerprint density at radius 2 is 1.21 bits per heavy atom. The molecule has 6 aromatic rings. The van der Waals surface area contributed by atoms with Crippen LogP contribution in [0.2, 0.25) is 0 Å². The van der Waals surface area contributed by atoms with E-state index in [0.717, 1.165) is 16.3 Å². The predicted octanol–water partition coefficient (Wildman–Crippen LogP) is -1.50. The fraction of sp³-hybridized carbons (Fsp3) is 0.0625. The first-order valence-corrected chi connectivity index (χ1v) is 15.1. The largest absolute Gasteiger partial charge is 2.00 e. The molecular weight excluding hydrogens is 686 g/mol. The smallest absolute Gasteiger partial charge is 0.744 e. The summed E-state index contributed by atoms with van der Waals surface area (Å²) in [5.41, 5.74) is 2.83. The minimum Gasteiger partial charge on any atom is -0.744 e. The SMILES string of the molecule is O=S(=O)([O-])c1ccc2c3nc4nc(nc5[n-]c(nc6nc(nc([n-]3)c2c1)-c1ccccc1-6)c1c[c-]ccc51)C1C=CC=CC41.[Cu+2].[Na+].[Na+]. The van der Waals surface area contributed by atoms with Crippen LogP contribution in [0.1, 0.15) is 23.5 Å². The third-order valence-corrected chi connectivity index (χ3v) is 8.81. The first-order valence-electron chi connectivity index (χ1n) is 13.7. The second-order valence-electron chi connectivity index (χ2n) is 10.6. The molecule has 2 unspecified atom stereocenters. The van der Waals surface area contributed by atoms with Crippen molar-refractivity contribution in [2.45, 2.75) is 16.7 Å². The van der Waals surface area contributed by atoms with E-state index in [4.69, 9.17) is 39.9 Å². The van der Waals surface area contributed by atoms with Gasteiger partial charge in [0.05, 0.1) is 28.2 Å². The molecule has 221 valence electrons. The predicted molar refractivity (Wildman–Crippen MR) is 160 cm³/mol. The molecule has 1 radical (unpaired) electrons. The molecule has 47 heavy (non-hydrogen) atoms. The van der Waals surface area contributed by atoms with Crippen LogP contribution < -0.4 is 69.1 Å². The van der Waals surface area contributed by atoms with Crippen molar-refractivity contribution < 1.29 is 89.2 Å². The van der Waals surface area contributed by atoms with Crippen molar-refractivity contribution >= 4 is 54.3 Å². The summed E-state index contributed by atoms with van der Waals surface area (Å²) >= 11 is 0. The van der Waals surface area contributed by atoms with Gasteiger partial charge in [0.15, 0.2) is 0 Å². The van der Waals surface area contributed by atoms with Crippen LogP contribution in [0.25, 0.3) is 66.9 Å². The van der Waals surface area contributed by atoms with Crippen molar-refractivity contribution in [3.05, 3.63) is 103 Å². The number of fused-ring (bicyclic) bond motifs is 20. The summed E-state index contributed by atoms with van der Waals surface area (Å²) in [6.45, 7) is 0. The third kappa shape index (κ3) is 5.64. The Labute approximate surface area is 322 Å². The molecule has 2 atom stereocenters. The van der Waals surface area contributed by atoms with Gasteiger partial charge in [-0.15, -0.1) is 10.8 Å². The summed E-state index contributed by atoms with van der Waals surface area (Å²) in [6, 6.07) is 20.2. The molecule has 0 N–H and O–H groups in total. The fourth-order valence-electron chi connectivity index (χ4n) is 5.90. The van der Waals surface area contributed by atoms with Gasteiger partial charge in [-0.2, -0.15) is 24.3 Å². The molecular formula is C32H16CuN8Na2O3S. The van der Waals surface area contributed by atoms with Crippen molar-refractivity contribution in [1.82, 2.24) is 39.9 Å².